The van der Waals surface area contributed by atoms with E-state index in [1.165, 1.54) is 6.33 Å². The first-order chi connectivity index (χ1) is 6.76. The largest absolute Gasteiger partial charge is 0.478 e. The van der Waals surface area contributed by atoms with Gasteiger partial charge in [0, 0.05) is 6.07 Å². The Labute approximate surface area is 83.7 Å². The van der Waals surface area contributed by atoms with Crippen molar-refractivity contribution in [1.82, 2.24) is 9.97 Å². The van der Waals surface area contributed by atoms with Crippen LogP contribution in [0.4, 0.5) is 5.82 Å². The summed E-state index contributed by atoms with van der Waals surface area (Å²) in [6, 6.07) is 1.66. The van der Waals surface area contributed by atoms with Crippen molar-refractivity contribution in [3.63, 3.8) is 0 Å². The van der Waals surface area contributed by atoms with E-state index in [0.717, 1.165) is 0 Å². The van der Waals surface area contributed by atoms with Gasteiger partial charge in [0.25, 0.3) is 0 Å². The predicted octanol–water partition coefficient (Wildman–Crippen LogP) is 1.31. The smallest absolute Gasteiger partial charge is 0.218 e. The molecular weight excluding hydrogens is 178 g/mol. The molecule has 1 aromatic heterocycles. The Bertz CT molecular complexity index is 332. The molecule has 1 N–H and O–H groups in total. The summed E-state index contributed by atoms with van der Waals surface area (Å²) < 4.78 is 5.22. The van der Waals surface area contributed by atoms with E-state index < -0.39 is 0 Å². The van der Waals surface area contributed by atoms with Gasteiger partial charge in [0.1, 0.15) is 12.1 Å². The molecule has 0 saturated heterocycles. The number of terminal acetylenes is 1. The molecule has 0 fully saturated rings. The van der Waals surface area contributed by atoms with Crippen molar-refractivity contribution in [2.75, 3.05) is 11.9 Å². The van der Waals surface area contributed by atoms with E-state index in [0.29, 0.717) is 18.3 Å². The van der Waals surface area contributed by atoms with Gasteiger partial charge in [0.05, 0.1) is 12.6 Å². The number of hydrogen-bond donors (Lipinski definition) is 1. The number of ether oxygens (including phenoxy) is 1. The highest BCUT2D eigenvalue weighted by molar-refractivity contribution is 5.39. The number of anilines is 1. The quantitative estimate of drug-likeness (QED) is 0.729. The summed E-state index contributed by atoms with van der Waals surface area (Å²) in [5, 5.41) is 3.02. The maximum atomic E-state index is 5.23. The predicted molar refractivity (Wildman–Crippen MR) is 55.1 cm³/mol. The van der Waals surface area contributed by atoms with Crippen LogP contribution < -0.4 is 10.1 Å². The minimum Gasteiger partial charge on any atom is -0.478 e. The molecule has 0 aromatic carbocycles. The molecule has 1 atom stereocenters. The molecule has 0 aliphatic carbocycles. The highest BCUT2D eigenvalue weighted by Crippen LogP contribution is 2.11. The molecule has 74 valence electrons. The SMILES string of the molecule is C#CC(C)Nc1cc(OCC)ncn1. The van der Waals surface area contributed by atoms with Crippen LogP contribution in [-0.4, -0.2) is 22.6 Å². The van der Waals surface area contributed by atoms with Crippen LogP contribution in [0.3, 0.4) is 0 Å². The maximum Gasteiger partial charge on any atom is 0.218 e. The van der Waals surface area contributed by atoms with Gasteiger partial charge < -0.3 is 10.1 Å². The minimum atomic E-state index is -0.0561. The van der Waals surface area contributed by atoms with Gasteiger partial charge >= 0.3 is 0 Å². The fraction of sp³-hybridized carbons (Fsp3) is 0.400. The van der Waals surface area contributed by atoms with Crippen molar-refractivity contribution in [1.29, 1.82) is 0 Å². The van der Waals surface area contributed by atoms with E-state index in [-0.39, 0.29) is 6.04 Å². The van der Waals surface area contributed by atoms with Gasteiger partial charge in [0.2, 0.25) is 5.88 Å². The Morgan fingerprint density at radius 1 is 1.64 bits per heavy atom. The third-order valence-electron chi connectivity index (χ3n) is 1.55. The average molecular weight is 191 g/mol. The second kappa shape index (κ2) is 5.07. The second-order valence-electron chi connectivity index (χ2n) is 2.71. The first-order valence-corrected chi connectivity index (χ1v) is 4.43. The first-order valence-electron chi connectivity index (χ1n) is 4.43. The van der Waals surface area contributed by atoms with E-state index in [4.69, 9.17) is 11.2 Å². The zero-order chi connectivity index (χ0) is 10.4. The zero-order valence-corrected chi connectivity index (χ0v) is 8.32. The summed E-state index contributed by atoms with van der Waals surface area (Å²) in [6.07, 6.45) is 6.67. The van der Waals surface area contributed by atoms with E-state index in [1.54, 1.807) is 6.07 Å². The van der Waals surface area contributed by atoms with Gasteiger partial charge in [-0.25, -0.2) is 9.97 Å². The van der Waals surface area contributed by atoms with Crippen LogP contribution in [0.5, 0.6) is 5.88 Å². The molecule has 1 heterocycles. The Balaban J connectivity index is 2.69. The number of nitrogens with one attached hydrogen (secondary N) is 1. The molecule has 0 spiro atoms. The Morgan fingerprint density at radius 2 is 2.43 bits per heavy atom. The fourth-order valence-corrected chi connectivity index (χ4v) is 0.909. The second-order valence-corrected chi connectivity index (χ2v) is 2.71. The topological polar surface area (TPSA) is 47.0 Å². The summed E-state index contributed by atoms with van der Waals surface area (Å²) in [5.74, 6) is 3.78. The van der Waals surface area contributed by atoms with E-state index >= 15 is 0 Å². The van der Waals surface area contributed by atoms with Gasteiger partial charge in [-0.1, -0.05) is 5.92 Å². The molecule has 0 radical (unpaired) electrons. The molecule has 4 nitrogen and oxygen atoms in total. The van der Waals surface area contributed by atoms with E-state index in [2.05, 4.69) is 21.2 Å². The molecule has 0 aliphatic rings. The molecular formula is C10H13N3O. The Morgan fingerprint density at radius 3 is 3.07 bits per heavy atom. The van der Waals surface area contributed by atoms with Gasteiger partial charge in [-0.2, -0.15) is 0 Å². The summed E-state index contributed by atoms with van der Waals surface area (Å²) in [4.78, 5) is 7.95. The van der Waals surface area contributed by atoms with E-state index in [9.17, 15) is 0 Å². The molecule has 0 bridgehead atoms. The molecule has 14 heavy (non-hydrogen) atoms. The van der Waals surface area contributed by atoms with Crippen LogP contribution in [0.25, 0.3) is 0 Å². The monoisotopic (exact) mass is 191 g/mol. The summed E-state index contributed by atoms with van der Waals surface area (Å²) in [5.41, 5.74) is 0. The van der Waals surface area contributed by atoms with Crippen molar-refractivity contribution in [3.05, 3.63) is 12.4 Å². The molecule has 1 aromatic rings. The van der Waals surface area contributed by atoms with Crippen molar-refractivity contribution in [3.8, 4) is 18.2 Å². The molecule has 4 heteroatoms. The van der Waals surface area contributed by atoms with Gasteiger partial charge in [0.15, 0.2) is 0 Å². The van der Waals surface area contributed by atoms with Crippen LogP contribution >= 0.6 is 0 Å². The Kier molecular flexibility index (Phi) is 3.74. The number of aromatic nitrogens is 2. The van der Waals surface area contributed by atoms with Crippen molar-refractivity contribution in [2.45, 2.75) is 19.9 Å². The summed E-state index contributed by atoms with van der Waals surface area (Å²) in [6.45, 7) is 4.36. The van der Waals surface area contributed by atoms with Crippen molar-refractivity contribution < 1.29 is 4.74 Å². The molecule has 1 unspecified atom stereocenters. The van der Waals surface area contributed by atoms with Crippen LogP contribution in [0.2, 0.25) is 0 Å². The maximum absolute atomic E-state index is 5.23. The lowest BCUT2D eigenvalue weighted by atomic mass is 10.3. The standard InChI is InChI=1S/C10H13N3O/c1-4-8(3)13-9-6-10(14-5-2)12-7-11-9/h1,6-8H,5H2,2-3H3,(H,11,12,13). The van der Waals surface area contributed by atoms with Crippen molar-refractivity contribution >= 4 is 5.82 Å². The van der Waals surface area contributed by atoms with Gasteiger partial charge in [-0.15, -0.1) is 6.42 Å². The number of nitrogens with zero attached hydrogens (tertiary/aromatic N) is 2. The highest BCUT2D eigenvalue weighted by atomic mass is 16.5. The first kappa shape index (κ1) is 10.3. The lowest BCUT2D eigenvalue weighted by molar-refractivity contribution is 0.326. The van der Waals surface area contributed by atoms with Crippen LogP contribution in [0.1, 0.15) is 13.8 Å². The average Bonchev–Trinajstić information content (AvgIpc) is 2.19. The van der Waals surface area contributed by atoms with Crippen LogP contribution in [0, 0.1) is 12.3 Å². The normalized spacial score (nSPS) is 11.5. The lowest BCUT2D eigenvalue weighted by Crippen LogP contribution is -2.13. The zero-order valence-electron chi connectivity index (χ0n) is 8.32. The lowest BCUT2D eigenvalue weighted by Gasteiger charge is -2.08. The molecule has 0 saturated carbocycles. The van der Waals surface area contributed by atoms with Crippen LogP contribution in [-0.2, 0) is 0 Å². The molecule has 0 amide bonds. The molecule has 0 aliphatic heterocycles. The van der Waals surface area contributed by atoms with Gasteiger partial charge in [-0.3, -0.25) is 0 Å². The summed E-state index contributed by atoms with van der Waals surface area (Å²) >= 11 is 0. The van der Waals surface area contributed by atoms with Crippen molar-refractivity contribution in [2.24, 2.45) is 0 Å². The minimum absolute atomic E-state index is 0.0561. The third-order valence-corrected chi connectivity index (χ3v) is 1.55. The molecule has 1 rings (SSSR count). The number of rotatable bonds is 4. The number of hydrogen-bond acceptors (Lipinski definition) is 4. The Hall–Kier alpha value is -1.76. The summed E-state index contributed by atoms with van der Waals surface area (Å²) in [7, 11) is 0. The van der Waals surface area contributed by atoms with Gasteiger partial charge in [-0.05, 0) is 13.8 Å². The highest BCUT2D eigenvalue weighted by Gasteiger charge is 2.01. The van der Waals surface area contributed by atoms with Crippen LogP contribution in [0.15, 0.2) is 12.4 Å². The third kappa shape index (κ3) is 2.94. The fourth-order valence-electron chi connectivity index (χ4n) is 0.909. The van der Waals surface area contributed by atoms with E-state index in [1.807, 2.05) is 13.8 Å².